The molecule has 1 atom stereocenters. The highest BCUT2D eigenvalue weighted by molar-refractivity contribution is 9.10. The van der Waals surface area contributed by atoms with Crippen molar-refractivity contribution >= 4 is 39.3 Å². The molecule has 1 aromatic heterocycles. The summed E-state index contributed by atoms with van der Waals surface area (Å²) in [5.74, 6) is 0.315. The summed E-state index contributed by atoms with van der Waals surface area (Å²) in [4.78, 5) is 12.5. The Morgan fingerprint density at radius 1 is 1.14 bits per heavy atom. The third kappa shape index (κ3) is 5.48. The van der Waals surface area contributed by atoms with Crippen LogP contribution in [0.5, 0.6) is 0 Å². The highest BCUT2D eigenvalue weighted by Gasteiger charge is 2.20. The van der Waals surface area contributed by atoms with Gasteiger partial charge >= 0.3 is 0 Å². The van der Waals surface area contributed by atoms with Crippen molar-refractivity contribution in [2.45, 2.75) is 50.5 Å². The zero-order chi connectivity index (χ0) is 21.2. The summed E-state index contributed by atoms with van der Waals surface area (Å²) in [6.45, 7) is 10.3. The van der Waals surface area contributed by atoms with E-state index >= 15 is 0 Å². The Balaban J connectivity index is 1.65. The van der Waals surface area contributed by atoms with Crippen molar-refractivity contribution < 1.29 is 9.21 Å². The largest absolute Gasteiger partial charge is 0.411 e. The molecule has 0 saturated heterocycles. The fourth-order valence-electron chi connectivity index (χ4n) is 2.65. The number of benzene rings is 2. The number of carbonyl (C=O) groups is 1. The summed E-state index contributed by atoms with van der Waals surface area (Å²) in [7, 11) is 0. The number of carbonyl (C=O) groups excluding carboxylic acids is 1. The van der Waals surface area contributed by atoms with Gasteiger partial charge in [0.05, 0.1) is 10.9 Å². The Hall–Kier alpha value is -2.12. The number of aromatic nitrogens is 2. The van der Waals surface area contributed by atoms with E-state index in [1.54, 1.807) is 0 Å². The minimum Gasteiger partial charge on any atom is -0.411 e. The van der Waals surface area contributed by atoms with Crippen LogP contribution in [0.15, 0.2) is 56.6 Å². The van der Waals surface area contributed by atoms with E-state index in [1.807, 2.05) is 44.2 Å². The van der Waals surface area contributed by atoms with Gasteiger partial charge in [0.1, 0.15) is 0 Å². The Kier molecular flexibility index (Phi) is 6.49. The first-order valence-electron chi connectivity index (χ1n) is 9.31. The predicted octanol–water partition coefficient (Wildman–Crippen LogP) is 6.22. The van der Waals surface area contributed by atoms with E-state index in [2.05, 4.69) is 64.3 Å². The minimum atomic E-state index is -0.389. The highest BCUT2D eigenvalue weighted by atomic mass is 79.9. The lowest BCUT2D eigenvalue weighted by atomic mass is 9.87. The minimum absolute atomic E-state index is 0.0869. The molecule has 1 N–H and O–H groups in total. The Morgan fingerprint density at radius 2 is 1.83 bits per heavy atom. The molecule has 1 amide bonds. The van der Waals surface area contributed by atoms with Gasteiger partial charge in [-0.15, -0.1) is 10.2 Å². The van der Waals surface area contributed by atoms with E-state index in [0.717, 1.165) is 21.3 Å². The molecule has 29 heavy (non-hydrogen) atoms. The maximum atomic E-state index is 12.5. The molecule has 1 unspecified atom stereocenters. The number of rotatable bonds is 5. The lowest BCUT2D eigenvalue weighted by molar-refractivity contribution is -0.115. The Bertz CT molecular complexity index is 1010. The molecular formula is C22H24BrN3O2S. The second kappa shape index (κ2) is 8.71. The monoisotopic (exact) mass is 473 g/mol. The summed E-state index contributed by atoms with van der Waals surface area (Å²) in [6.07, 6.45) is 0. The molecule has 0 fully saturated rings. The van der Waals surface area contributed by atoms with E-state index in [4.69, 9.17) is 4.42 Å². The van der Waals surface area contributed by atoms with Crippen molar-refractivity contribution in [3.63, 3.8) is 0 Å². The second-order valence-electron chi connectivity index (χ2n) is 7.93. The molecule has 0 aliphatic heterocycles. The summed E-state index contributed by atoms with van der Waals surface area (Å²) >= 11 is 4.71. The smallest absolute Gasteiger partial charge is 0.277 e. The van der Waals surface area contributed by atoms with E-state index < -0.39 is 0 Å². The molecule has 3 aromatic rings. The van der Waals surface area contributed by atoms with Crippen molar-refractivity contribution in [3.8, 4) is 11.5 Å². The van der Waals surface area contributed by atoms with Crippen molar-refractivity contribution in [3.05, 3.63) is 58.1 Å². The number of hydrogen-bond donors (Lipinski definition) is 1. The van der Waals surface area contributed by atoms with E-state index in [1.165, 1.54) is 17.3 Å². The van der Waals surface area contributed by atoms with Crippen LogP contribution in [-0.2, 0) is 10.2 Å². The number of thioether (sulfide) groups is 1. The number of halogens is 1. The van der Waals surface area contributed by atoms with Gasteiger partial charge in [-0.25, -0.2) is 0 Å². The lowest BCUT2D eigenvalue weighted by Crippen LogP contribution is -2.22. The first-order valence-corrected chi connectivity index (χ1v) is 11.0. The molecule has 2 aromatic carbocycles. The molecule has 7 heteroatoms. The van der Waals surface area contributed by atoms with Gasteiger partial charge in [-0.2, -0.15) is 0 Å². The van der Waals surface area contributed by atoms with Crippen LogP contribution >= 0.6 is 27.7 Å². The van der Waals surface area contributed by atoms with Crippen LogP contribution in [-0.4, -0.2) is 21.4 Å². The second-order valence-corrected chi connectivity index (χ2v) is 10.1. The fourth-order valence-corrected chi connectivity index (χ4v) is 3.92. The van der Waals surface area contributed by atoms with Gasteiger partial charge in [-0.1, -0.05) is 50.7 Å². The van der Waals surface area contributed by atoms with E-state index in [9.17, 15) is 4.79 Å². The van der Waals surface area contributed by atoms with Gasteiger partial charge in [0.2, 0.25) is 11.8 Å². The van der Waals surface area contributed by atoms with E-state index in [0.29, 0.717) is 11.1 Å². The van der Waals surface area contributed by atoms with Crippen LogP contribution < -0.4 is 5.32 Å². The summed E-state index contributed by atoms with van der Waals surface area (Å²) in [6, 6.07) is 13.9. The van der Waals surface area contributed by atoms with Crippen LogP contribution in [0.1, 0.15) is 38.8 Å². The standard InChI is InChI=1S/C22H24BrN3O2S/c1-13-6-11-18(17(23)12-13)24-19(27)14(2)29-21-26-25-20(28-21)15-7-9-16(10-8-15)22(3,4)5/h6-12,14H,1-5H3,(H,24,27). The molecular weight excluding hydrogens is 450 g/mol. The normalized spacial score (nSPS) is 12.6. The molecule has 0 saturated carbocycles. The molecule has 0 aliphatic carbocycles. The first-order chi connectivity index (χ1) is 13.6. The van der Waals surface area contributed by atoms with Crippen molar-refractivity contribution in [1.82, 2.24) is 10.2 Å². The van der Waals surface area contributed by atoms with Crippen LogP contribution in [0, 0.1) is 6.92 Å². The Labute approximate surface area is 183 Å². The van der Waals surface area contributed by atoms with Crippen LogP contribution in [0.3, 0.4) is 0 Å². The maximum Gasteiger partial charge on any atom is 0.277 e. The topological polar surface area (TPSA) is 68.0 Å². The van der Waals surface area contributed by atoms with Crippen molar-refractivity contribution in [2.75, 3.05) is 5.32 Å². The van der Waals surface area contributed by atoms with Gasteiger partial charge in [0, 0.05) is 10.0 Å². The van der Waals surface area contributed by atoms with Gasteiger partial charge in [0.15, 0.2) is 0 Å². The summed E-state index contributed by atoms with van der Waals surface area (Å²) < 4.78 is 6.61. The SMILES string of the molecule is Cc1ccc(NC(=O)C(C)Sc2nnc(-c3ccc(C(C)(C)C)cc3)o2)c(Br)c1. The quantitative estimate of drug-likeness (QED) is 0.445. The highest BCUT2D eigenvalue weighted by Crippen LogP contribution is 2.30. The summed E-state index contributed by atoms with van der Waals surface area (Å²) in [5.41, 5.74) is 4.04. The Morgan fingerprint density at radius 3 is 2.45 bits per heavy atom. The number of nitrogens with one attached hydrogen (secondary N) is 1. The zero-order valence-corrected chi connectivity index (χ0v) is 19.5. The number of nitrogens with zero attached hydrogens (tertiary/aromatic N) is 2. The molecule has 1 heterocycles. The van der Waals surface area contributed by atoms with Crippen LogP contribution in [0.4, 0.5) is 5.69 Å². The molecule has 0 bridgehead atoms. The third-order valence-electron chi connectivity index (χ3n) is 4.43. The third-order valence-corrected chi connectivity index (χ3v) is 6.02. The molecule has 5 nitrogen and oxygen atoms in total. The number of amides is 1. The zero-order valence-electron chi connectivity index (χ0n) is 17.1. The van der Waals surface area contributed by atoms with Crippen LogP contribution in [0.2, 0.25) is 0 Å². The van der Waals surface area contributed by atoms with Crippen molar-refractivity contribution in [2.24, 2.45) is 0 Å². The van der Waals surface area contributed by atoms with Gasteiger partial charge in [0.25, 0.3) is 5.22 Å². The lowest BCUT2D eigenvalue weighted by Gasteiger charge is -2.18. The van der Waals surface area contributed by atoms with Crippen LogP contribution in [0.25, 0.3) is 11.5 Å². The average molecular weight is 474 g/mol. The fraction of sp³-hybridized carbons (Fsp3) is 0.318. The molecule has 3 rings (SSSR count). The van der Waals surface area contributed by atoms with Gasteiger partial charge in [-0.3, -0.25) is 4.79 Å². The van der Waals surface area contributed by atoms with E-state index in [-0.39, 0.29) is 16.6 Å². The molecule has 152 valence electrons. The van der Waals surface area contributed by atoms with Gasteiger partial charge in [-0.05, 0) is 70.6 Å². The first kappa shape index (κ1) is 21.6. The van der Waals surface area contributed by atoms with Gasteiger partial charge < -0.3 is 9.73 Å². The number of aryl methyl sites for hydroxylation is 1. The summed E-state index contributed by atoms with van der Waals surface area (Å²) in [5, 5.41) is 11.1. The number of hydrogen-bond acceptors (Lipinski definition) is 5. The molecule has 0 aliphatic rings. The van der Waals surface area contributed by atoms with Crippen molar-refractivity contribution in [1.29, 1.82) is 0 Å². The molecule has 0 radical (unpaired) electrons. The average Bonchev–Trinajstić information content (AvgIpc) is 3.12. The maximum absolute atomic E-state index is 12.5. The number of anilines is 1. The molecule has 0 spiro atoms. The predicted molar refractivity (Wildman–Crippen MR) is 121 cm³/mol.